The summed E-state index contributed by atoms with van der Waals surface area (Å²) in [5.41, 5.74) is 7.39. The van der Waals surface area contributed by atoms with Crippen molar-refractivity contribution in [3.05, 3.63) is 46.6 Å². The lowest BCUT2D eigenvalue weighted by atomic mass is 10.1. The molecule has 0 aliphatic carbocycles. The van der Waals surface area contributed by atoms with Gasteiger partial charge in [0, 0.05) is 18.5 Å². The van der Waals surface area contributed by atoms with E-state index >= 15 is 0 Å². The predicted octanol–water partition coefficient (Wildman–Crippen LogP) is 4.31. The van der Waals surface area contributed by atoms with Gasteiger partial charge in [-0.25, -0.2) is 9.37 Å². The van der Waals surface area contributed by atoms with Gasteiger partial charge >= 0.3 is 0 Å². The van der Waals surface area contributed by atoms with Crippen molar-refractivity contribution < 1.29 is 8.81 Å². The van der Waals surface area contributed by atoms with Gasteiger partial charge in [-0.05, 0) is 47.5 Å². The van der Waals surface area contributed by atoms with Gasteiger partial charge in [0.15, 0.2) is 0 Å². The summed E-state index contributed by atoms with van der Waals surface area (Å²) < 4.78 is 21.4. The number of benzene rings is 1. The maximum atomic E-state index is 13.8. The first kappa shape index (κ1) is 14.1. The number of hydrogen-bond acceptors (Lipinski definition) is 3. The molecule has 3 rings (SSSR count). The highest BCUT2D eigenvalue weighted by atomic mass is 79.9. The van der Waals surface area contributed by atoms with E-state index in [2.05, 4.69) is 20.9 Å². The quantitative estimate of drug-likeness (QED) is 0.761. The third kappa shape index (κ3) is 2.68. The molecular formula is C15H15BrFN3O. The van der Waals surface area contributed by atoms with Crippen LogP contribution in [-0.4, -0.2) is 9.55 Å². The van der Waals surface area contributed by atoms with Crippen molar-refractivity contribution in [3.8, 4) is 0 Å². The smallest absolute Gasteiger partial charge is 0.201 e. The lowest BCUT2D eigenvalue weighted by Crippen LogP contribution is -2.09. The summed E-state index contributed by atoms with van der Waals surface area (Å²) in [5.74, 6) is 1.01. The first-order chi connectivity index (χ1) is 10.1. The van der Waals surface area contributed by atoms with E-state index in [9.17, 15) is 4.39 Å². The summed E-state index contributed by atoms with van der Waals surface area (Å²) in [6.07, 6.45) is 3.29. The second-order valence-corrected chi connectivity index (χ2v) is 5.92. The maximum absolute atomic E-state index is 13.8. The zero-order chi connectivity index (χ0) is 15.0. The van der Waals surface area contributed by atoms with E-state index in [1.54, 1.807) is 12.3 Å². The van der Waals surface area contributed by atoms with Crippen LogP contribution in [-0.2, 0) is 6.42 Å². The van der Waals surface area contributed by atoms with Crippen molar-refractivity contribution in [1.82, 2.24) is 9.55 Å². The van der Waals surface area contributed by atoms with Gasteiger partial charge in [0.1, 0.15) is 11.6 Å². The first-order valence-corrected chi connectivity index (χ1v) is 7.50. The van der Waals surface area contributed by atoms with Crippen LogP contribution in [0.2, 0.25) is 0 Å². The molecule has 0 aliphatic heterocycles. The largest absolute Gasteiger partial charge is 0.469 e. The fraction of sp³-hybridized carbons (Fsp3) is 0.267. The SMILES string of the molecule is CC(CCc1ccco1)n1c(N)nc2cc(Br)c(F)cc21. The van der Waals surface area contributed by atoms with Crippen LogP contribution in [0.25, 0.3) is 11.0 Å². The number of aromatic nitrogens is 2. The Hall–Kier alpha value is -1.82. The predicted molar refractivity (Wildman–Crippen MR) is 83.5 cm³/mol. The molecule has 0 spiro atoms. The van der Waals surface area contributed by atoms with E-state index in [1.165, 1.54) is 6.07 Å². The molecule has 0 saturated carbocycles. The van der Waals surface area contributed by atoms with Crippen LogP contribution in [0.5, 0.6) is 0 Å². The Morgan fingerprint density at radius 2 is 2.29 bits per heavy atom. The summed E-state index contributed by atoms with van der Waals surface area (Å²) in [6.45, 7) is 2.04. The van der Waals surface area contributed by atoms with Crippen LogP contribution in [0.1, 0.15) is 25.1 Å². The standard InChI is InChI=1S/C15H15BrFN3O/c1-9(4-5-10-3-2-6-21-10)20-14-8-12(17)11(16)7-13(14)19-15(20)18/h2-3,6-9H,4-5H2,1H3,(H2,18,19). The average Bonchev–Trinajstić information content (AvgIpc) is 3.04. The second-order valence-electron chi connectivity index (χ2n) is 5.06. The van der Waals surface area contributed by atoms with E-state index in [0.29, 0.717) is 21.5 Å². The Morgan fingerprint density at radius 1 is 1.48 bits per heavy atom. The Labute approximate surface area is 129 Å². The minimum atomic E-state index is -0.318. The van der Waals surface area contributed by atoms with Crippen LogP contribution in [0.4, 0.5) is 10.3 Å². The van der Waals surface area contributed by atoms with Crippen molar-refractivity contribution in [2.75, 3.05) is 5.73 Å². The van der Waals surface area contributed by atoms with E-state index in [-0.39, 0.29) is 11.9 Å². The molecule has 1 atom stereocenters. The molecule has 0 radical (unpaired) electrons. The minimum absolute atomic E-state index is 0.0978. The third-order valence-corrected chi connectivity index (χ3v) is 4.20. The van der Waals surface area contributed by atoms with Gasteiger partial charge < -0.3 is 14.7 Å². The highest BCUT2D eigenvalue weighted by molar-refractivity contribution is 9.10. The molecule has 4 nitrogen and oxygen atoms in total. The number of nitrogens with two attached hydrogens (primary N) is 1. The number of hydrogen-bond donors (Lipinski definition) is 1. The van der Waals surface area contributed by atoms with Gasteiger partial charge in [0.25, 0.3) is 0 Å². The highest BCUT2D eigenvalue weighted by Gasteiger charge is 2.16. The first-order valence-electron chi connectivity index (χ1n) is 6.71. The average molecular weight is 352 g/mol. The molecule has 2 heterocycles. The van der Waals surface area contributed by atoms with Crippen LogP contribution >= 0.6 is 15.9 Å². The van der Waals surface area contributed by atoms with Gasteiger partial charge in [-0.1, -0.05) is 0 Å². The molecule has 0 bridgehead atoms. The fourth-order valence-electron chi connectivity index (χ4n) is 2.51. The molecule has 2 N–H and O–H groups in total. The molecule has 2 aromatic heterocycles. The van der Waals surface area contributed by atoms with Gasteiger partial charge in [-0.3, -0.25) is 0 Å². The molecule has 0 amide bonds. The monoisotopic (exact) mass is 351 g/mol. The number of furan rings is 1. The van der Waals surface area contributed by atoms with E-state index in [4.69, 9.17) is 10.2 Å². The lowest BCUT2D eigenvalue weighted by molar-refractivity contribution is 0.459. The third-order valence-electron chi connectivity index (χ3n) is 3.59. The van der Waals surface area contributed by atoms with Gasteiger partial charge in [0.2, 0.25) is 5.95 Å². The molecule has 21 heavy (non-hydrogen) atoms. The Bertz CT molecular complexity index is 767. The molecule has 1 aromatic carbocycles. The second kappa shape index (κ2) is 5.52. The van der Waals surface area contributed by atoms with Gasteiger partial charge in [-0.2, -0.15) is 0 Å². The van der Waals surface area contributed by atoms with Crippen molar-refractivity contribution in [3.63, 3.8) is 0 Å². The van der Waals surface area contributed by atoms with Gasteiger partial charge in [-0.15, -0.1) is 0 Å². The van der Waals surface area contributed by atoms with Crippen molar-refractivity contribution in [2.45, 2.75) is 25.8 Å². The normalized spacial score (nSPS) is 12.9. The van der Waals surface area contributed by atoms with Crippen LogP contribution in [0.3, 0.4) is 0 Å². The summed E-state index contributed by atoms with van der Waals surface area (Å²) in [6, 6.07) is 7.02. The van der Waals surface area contributed by atoms with Crippen LogP contribution in [0.15, 0.2) is 39.4 Å². The molecule has 3 aromatic rings. The number of nitrogens with zero attached hydrogens (tertiary/aromatic N) is 2. The molecule has 0 saturated heterocycles. The zero-order valence-corrected chi connectivity index (χ0v) is 13.1. The number of imidazole rings is 1. The topological polar surface area (TPSA) is 57.0 Å². The number of nitrogen functional groups attached to an aromatic ring is 1. The Morgan fingerprint density at radius 3 is 3.00 bits per heavy atom. The number of anilines is 1. The minimum Gasteiger partial charge on any atom is -0.469 e. The zero-order valence-electron chi connectivity index (χ0n) is 11.5. The van der Waals surface area contributed by atoms with E-state index in [0.717, 1.165) is 18.6 Å². The molecule has 0 aliphatic rings. The molecular weight excluding hydrogens is 337 g/mol. The number of fused-ring (bicyclic) bond motifs is 1. The lowest BCUT2D eigenvalue weighted by Gasteiger charge is -2.15. The van der Waals surface area contributed by atoms with Crippen LogP contribution in [0, 0.1) is 5.82 Å². The number of aryl methyl sites for hydroxylation is 1. The van der Waals surface area contributed by atoms with Crippen molar-refractivity contribution in [2.24, 2.45) is 0 Å². The van der Waals surface area contributed by atoms with Gasteiger partial charge in [0.05, 0.1) is 21.8 Å². The summed E-state index contributed by atoms with van der Waals surface area (Å²) in [7, 11) is 0. The summed E-state index contributed by atoms with van der Waals surface area (Å²) in [5, 5.41) is 0. The maximum Gasteiger partial charge on any atom is 0.201 e. The number of rotatable bonds is 4. The summed E-state index contributed by atoms with van der Waals surface area (Å²) in [4.78, 5) is 4.30. The Balaban J connectivity index is 1.91. The summed E-state index contributed by atoms with van der Waals surface area (Å²) >= 11 is 3.17. The molecule has 1 unspecified atom stereocenters. The molecule has 110 valence electrons. The Kier molecular flexibility index (Phi) is 3.71. The van der Waals surface area contributed by atoms with E-state index in [1.807, 2.05) is 23.6 Å². The van der Waals surface area contributed by atoms with Crippen LogP contribution < -0.4 is 5.73 Å². The fourth-order valence-corrected chi connectivity index (χ4v) is 2.84. The van der Waals surface area contributed by atoms with Crippen molar-refractivity contribution in [1.29, 1.82) is 0 Å². The van der Waals surface area contributed by atoms with E-state index < -0.39 is 0 Å². The number of halogens is 2. The van der Waals surface area contributed by atoms with Crippen molar-refractivity contribution >= 4 is 32.9 Å². The highest BCUT2D eigenvalue weighted by Crippen LogP contribution is 2.29. The molecule has 0 fully saturated rings. The molecule has 6 heteroatoms.